The topological polar surface area (TPSA) is 90.7 Å². The maximum atomic E-state index is 12.3. The fourth-order valence-electron chi connectivity index (χ4n) is 1.83. The summed E-state index contributed by atoms with van der Waals surface area (Å²) in [5, 5.41) is 0. The Bertz CT molecular complexity index is 536. The van der Waals surface area contributed by atoms with Crippen LogP contribution in [0.5, 0.6) is 11.5 Å². The van der Waals surface area contributed by atoms with E-state index in [-0.39, 0.29) is 11.4 Å². The fraction of sp³-hybridized carbons (Fsp3) is 0.538. The molecule has 0 radical (unpaired) electrons. The van der Waals surface area contributed by atoms with E-state index >= 15 is 0 Å². The van der Waals surface area contributed by atoms with Crippen LogP contribution in [-0.2, 0) is 16.6 Å². The first-order valence-corrected chi connectivity index (χ1v) is 9.31. The lowest BCUT2D eigenvalue weighted by molar-refractivity contribution is 0.350. The SMILES string of the molecule is COc1cc(S(=O)(=O)NCCCSC)cc(CN)c1OC. The van der Waals surface area contributed by atoms with E-state index in [2.05, 4.69) is 4.72 Å². The van der Waals surface area contributed by atoms with E-state index < -0.39 is 10.0 Å². The first kappa shape index (κ1) is 18.1. The zero-order chi connectivity index (χ0) is 15.9. The largest absolute Gasteiger partial charge is 0.493 e. The molecule has 0 spiro atoms. The number of hydrogen-bond acceptors (Lipinski definition) is 6. The van der Waals surface area contributed by atoms with Crippen molar-refractivity contribution in [3.63, 3.8) is 0 Å². The van der Waals surface area contributed by atoms with Crippen LogP contribution in [0.25, 0.3) is 0 Å². The van der Waals surface area contributed by atoms with Crippen LogP contribution in [0, 0.1) is 0 Å². The molecule has 0 aromatic heterocycles. The summed E-state index contributed by atoms with van der Waals surface area (Å²) in [5.74, 6) is 1.72. The Balaban J connectivity index is 3.06. The summed E-state index contributed by atoms with van der Waals surface area (Å²) in [4.78, 5) is 0.129. The minimum absolute atomic E-state index is 0.129. The summed E-state index contributed by atoms with van der Waals surface area (Å²) in [6.45, 7) is 0.560. The zero-order valence-corrected chi connectivity index (χ0v) is 14.1. The van der Waals surface area contributed by atoms with Crippen molar-refractivity contribution in [3.8, 4) is 11.5 Å². The van der Waals surface area contributed by atoms with Crippen LogP contribution in [0.15, 0.2) is 17.0 Å². The molecule has 0 aliphatic heterocycles. The number of sulfonamides is 1. The summed E-state index contributed by atoms with van der Waals surface area (Å²) in [6, 6.07) is 2.95. The molecular formula is C13H22N2O4S2. The highest BCUT2D eigenvalue weighted by Crippen LogP contribution is 2.33. The standard InChI is InChI=1S/C13H22N2O4S2/c1-18-12-8-11(7-10(9-14)13(12)19-2)21(16,17)15-5-4-6-20-3/h7-8,15H,4-6,9,14H2,1-3H3. The Labute approximate surface area is 130 Å². The van der Waals surface area contributed by atoms with Crippen molar-refractivity contribution in [1.82, 2.24) is 4.72 Å². The molecule has 1 aromatic rings. The maximum Gasteiger partial charge on any atom is 0.240 e. The van der Waals surface area contributed by atoms with Gasteiger partial charge in [0, 0.05) is 24.7 Å². The second-order valence-corrected chi connectivity index (χ2v) is 7.02. The van der Waals surface area contributed by atoms with Gasteiger partial charge in [-0.3, -0.25) is 0 Å². The molecule has 0 amide bonds. The van der Waals surface area contributed by atoms with Crippen molar-refractivity contribution < 1.29 is 17.9 Å². The molecule has 0 aliphatic rings. The summed E-state index contributed by atoms with van der Waals surface area (Å²) in [7, 11) is -0.631. The second kappa shape index (κ2) is 8.47. The molecule has 1 aromatic carbocycles. The van der Waals surface area contributed by atoms with Crippen molar-refractivity contribution >= 4 is 21.8 Å². The van der Waals surface area contributed by atoms with Crippen molar-refractivity contribution in [1.29, 1.82) is 0 Å². The normalized spacial score (nSPS) is 11.4. The molecule has 0 saturated heterocycles. The minimum Gasteiger partial charge on any atom is -0.493 e. The lowest BCUT2D eigenvalue weighted by atomic mass is 10.2. The molecule has 0 heterocycles. The third-order valence-corrected chi connectivity index (χ3v) is 5.01. The van der Waals surface area contributed by atoms with Crippen LogP contribution in [-0.4, -0.2) is 41.2 Å². The molecule has 120 valence electrons. The van der Waals surface area contributed by atoms with E-state index in [1.54, 1.807) is 11.8 Å². The molecule has 0 bridgehead atoms. The van der Waals surface area contributed by atoms with Gasteiger partial charge < -0.3 is 15.2 Å². The van der Waals surface area contributed by atoms with E-state index in [0.29, 0.717) is 23.6 Å². The Morgan fingerprint density at radius 1 is 1.29 bits per heavy atom. The molecule has 1 rings (SSSR count). The lowest BCUT2D eigenvalue weighted by Crippen LogP contribution is -2.25. The Morgan fingerprint density at radius 2 is 2.00 bits per heavy atom. The molecule has 0 atom stereocenters. The summed E-state index contributed by atoms with van der Waals surface area (Å²) in [6.07, 6.45) is 2.76. The molecule has 0 saturated carbocycles. The third-order valence-electron chi connectivity index (χ3n) is 2.88. The number of ether oxygens (including phenoxy) is 2. The van der Waals surface area contributed by atoms with Gasteiger partial charge in [0.1, 0.15) is 0 Å². The minimum atomic E-state index is -3.58. The molecule has 21 heavy (non-hydrogen) atoms. The van der Waals surface area contributed by atoms with E-state index in [1.807, 2.05) is 6.26 Å². The number of nitrogens with one attached hydrogen (secondary N) is 1. The van der Waals surface area contributed by atoms with Crippen molar-refractivity contribution in [2.24, 2.45) is 5.73 Å². The molecule has 6 nitrogen and oxygen atoms in total. The maximum absolute atomic E-state index is 12.3. The van der Waals surface area contributed by atoms with Gasteiger partial charge in [-0.1, -0.05) is 0 Å². The van der Waals surface area contributed by atoms with Gasteiger partial charge in [0.25, 0.3) is 0 Å². The van der Waals surface area contributed by atoms with Crippen LogP contribution in [0.3, 0.4) is 0 Å². The quantitative estimate of drug-likeness (QED) is 0.659. The highest BCUT2D eigenvalue weighted by Gasteiger charge is 2.19. The Morgan fingerprint density at radius 3 is 2.52 bits per heavy atom. The number of thioether (sulfide) groups is 1. The first-order chi connectivity index (χ1) is 10.00. The predicted molar refractivity (Wildman–Crippen MR) is 85.6 cm³/mol. The van der Waals surface area contributed by atoms with Gasteiger partial charge in [0.05, 0.1) is 19.1 Å². The van der Waals surface area contributed by atoms with Gasteiger partial charge in [-0.05, 0) is 24.5 Å². The van der Waals surface area contributed by atoms with Gasteiger partial charge in [-0.2, -0.15) is 11.8 Å². The second-order valence-electron chi connectivity index (χ2n) is 4.27. The number of rotatable bonds is 9. The van der Waals surface area contributed by atoms with Gasteiger partial charge in [0.15, 0.2) is 11.5 Å². The van der Waals surface area contributed by atoms with E-state index in [0.717, 1.165) is 12.2 Å². The Kier molecular flexibility index (Phi) is 7.30. The molecule has 0 unspecified atom stereocenters. The van der Waals surface area contributed by atoms with Crippen LogP contribution in [0.2, 0.25) is 0 Å². The number of nitrogens with two attached hydrogens (primary N) is 1. The summed E-state index contributed by atoms with van der Waals surface area (Å²) < 4.78 is 37.5. The molecule has 0 fully saturated rings. The number of benzene rings is 1. The molecule has 8 heteroatoms. The van der Waals surface area contributed by atoms with Crippen LogP contribution < -0.4 is 19.9 Å². The van der Waals surface area contributed by atoms with Gasteiger partial charge in [-0.25, -0.2) is 13.1 Å². The van der Waals surface area contributed by atoms with Gasteiger partial charge >= 0.3 is 0 Å². The van der Waals surface area contributed by atoms with Crippen LogP contribution in [0.1, 0.15) is 12.0 Å². The van der Waals surface area contributed by atoms with E-state index in [9.17, 15) is 8.42 Å². The lowest BCUT2D eigenvalue weighted by Gasteiger charge is -2.14. The number of hydrogen-bond donors (Lipinski definition) is 2. The monoisotopic (exact) mass is 334 g/mol. The average molecular weight is 334 g/mol. The molecular weight excluding hydrogens is 312 g/mol. The summed E-state index contributed by atoms with van der Waals surface area (Å²) >= 11 is 1.68. The van der Waals surface area contributed by atoms with Crippen LogP contribution >= 0.6 is 11.8 Å². The third kappa shape index (κ3) is 4.77. The smallest absolute Gasteiger partial charge is 0.240 e. The van der Waals surface area contributed by atoms with Crippen molar-refractivity contribution in [2.45, 2.75) is 17.9 Å². The summed E-state index contributed by atoms with van der Waals surface area (Å²) in [5.41, 5.74) is 6.23. The highest BCUT2D eigenvalue weighted by molar-refractivity contribution is 7.98. The molecule has 3 N–H and O–H groups in total. The fourth-order valence-corrected chi connectivity index (χ4v) is 3.40. The average Bonchev–Trinajstić information content (AvgIpc) is 2.49. The first-order valence-electron chi connectivity index (χ1n) is 6.43. The number of methoxy groups -OCH3 is 2. The van der Waals surface area contributed by atoms with Gasteiger partial charge in [0.2, 0.25) is 10.0 Å². The van der Waals surface area contributed by atoms with Crippen LogP contribution in [0.4, 0.5) is 0 Å². The zero-order valence-electron chi connectivity index (χ0n) is 12.5. The van der Waals surface area contributed by atoms with E-state index in [1.165, 1.54) is 26.4 Å². The van der Waals surface area contributed by atoms with Crippen molar-refractivity contribution in [2.75, 3.05) is 32.8 Å². The predicted octanol–water partition coefficient (Wildman–Crippen LogP) is 1.19. The highest BCUT2D eigenvalue weighted by atomic mass is 32.2. The van der Waals surface area contributed by atoms with Gasteiger partial charge in [-0.15, -0.1) is 0 Å². The Hall–Kier alpha value is -0.960. The molecule has 0 aliphatic carbocycles. The van der Waals surface area contributed by atoms with Crippen molar-refractivity contribution in [3.05, 3.63) is 17.7 Å². The van der Waals surface area contributed by atoms with E-state index in [4.69, 9.17) is 15.2 Å².